The first-order valence-electron chi connectivity index (χ1n) is 5.00. The first-order valence-corrected chi connectivity index (χ1v) is 5.82. The summed E-state index contributed by atoms with van der Waals surface area (Å²) < 4.78 is 1.93. The van der Waals surface area contributed by atoms with E-state index in [0.717, 1.165) is 27.2 Å². The molecule has 3 heterocycles. The smallest absolute Gasteiger partial charge is 0.199 e. The van der Waals surface area contributed by atoms with Crippen molar-refractivity contribution in [1.29, 1.82) is 0 Å². The number of hydrogen-bond acceptors (Lipinski definition) is 7. The molecule has 0 unspecified atom stereocenters. The zero-order chi connectivity index (χ0) is 12.0. The van der Waals surface area contributed by atoms with E-state index in [2.05, 4.69) is 25.7 Å². The van der Waals surface area contributed by atoms with Gasteiger partial charge in [-0.05, 0) is 0 Å². The normalized spacial score (nSPS) is 11.2. The average molecular weight is 249 g/mol. The molecule has 17 heavy (non-hydrogen) atoms. The Bertz CT molecular complexity index is 698. The Hall–Kier alpha value is -1.93. The minimum atomic E-state index is 0.642. The monoisotopic (exact) mass is 249 g/mol. The molecule has 0 fully saturated rings. The lowest BCUT2D eigenvalue weighted by Gasteiger charge is -2.01. The number of hydrogen-bond donors (Lipinski definition) is 3. The van der Waals surface area contributed by atoms with Crippen molar-refractivity contribution in [3.05, 3.63) is 6.33 Å². The third-order valence-electron chi connectivity index (χ3n) is 2.57. The predicted molar refractivity (Wildman–Crippen MR) is 69.0 cm³/mol. The lowest BCUT2D eigenvalue weighted by molar-refractivity contribution is 0.949. The summed E-state index contributed by atoms with van der Waals surface area (Å²) in [5, 5.41) is 3.68. The Morgan fingerprint density at radius 3 is 2.88 bits per heavy atom. The number of thiazole rings is 1. The number of anilines is 2. The Morgan fingerprint density at radius 1 is 1.35 bits per heavy atom. The van der Waals surface area contributed by atoms with Crippen LogP contribution in [0.5, 0.6) is 0 Å². The maximum Gasteiger partial charge on any atom is 0.199 e. The van der Waals surface area contributed by atoms with Crippen LogP contribution in [0.25, 0.3) is 21.4 Å². The van der Waals surface area contributed by atoms with Crippen molar-refractivity contribution < 1.29 is 0 Å². The fraction of sp³-hybridized carbons (Fsp3) is 0.222. The Kier molecular flexibility index (Phi) is 2.13. The van der Waals surface area contributed by atoms with Gasteiger partial charge in [-0.3, -0.25) is 5.43 Å². The van der Waals surface area contributed by atoms with Gasteiger partial charge in [0.2, 0.25) is 0 Å². The van der Waals surface area contributed by atoms with Crippen molar-refractivity contribution in [2.24, 2.45) is 12.9 Å². The molecule has 0 radical (unpaired) electrons. The number of rotatable bonds is 2. The molecule has 0 saturated carbocycles. The van der Waals surface area contributed by atoms with Crippen LogP contribution in [0.1, 0.15) is 0 Å². The molecule has 7 nitrogen and oxygen atoms in total. The Balaban J connectivity index is 2.50. The highest BCUT2D eigenvalue weighted by Crippen LogP contribution is 2.32. The highest BCUT2D eigenvalue weighted by molar-refractivity contribution is 7.21. The second-order valence-corrected chi connectivity index (χ2v) is 4.56. The zero-order valence-corrected chi connectivity index (χ0v) is 10.2. The Morgan fingerprint density at radius 2 is 2.18 bits per heavy atom. The topological polar surface area (TPSA) is 93.7 Å². The van der Waals surface area contributed by atoms with Crippen LogP contribution in [-0.4, -0.2) is 26.6 Å². The van der Waals surface area contributed by atoms with E-state index in [1.54, 1.807) is 6.33 Å². The molecule has 0 aromatic carbocycles. The van der Waals surface area contributed by atoms with Gasteiger partial charge in [-0.1, -0.05) is 11.3 Å². The fourth-order valence-corrected chi connectivity index (χ4v) is 2.57. The predicted octanol–water partition coefficient (Wildman–Crippen LogP) is 0.905. The van der Waals surface area contributed by atoms with Crippen LogP contribution in [0.4, 0.5) is 10.9 Å². The summed E-state index contributed by atoms with van der Waals surface area (Å²) in [6.45, 7) is 0. The van der Waals surface area contributed by atoms with E-state index in [9.17, 15) is 0 Å². The van der Waals surface area contributed by atoms with Crippen LogP contribution >= 0.6 is 11.3 Å². The minimum Gasteiger partial charge on any atom is -0.371 e. The largest absolute Gasteiger partial charge is 0.371 e. The highest BCUT2D eigenvalue weighted by Gasteiger charge is 2.15. The van der Waals surface area contributed by atoms with E-state index < -0.39 is 0 Å². The van der Waals surface area contributed by atoms with Gasteiger partial charge in [-0.25, -0.2) is 20.8 Å². The third kappa shape index (κ3) is 1.34. The van der Waals surface area contributed by atoms with Gasteiger partial charge in [0, 0.05) is 14.1 Å². The number of fused-ring (bicyclic) bond motifs is 3. The summed E-state index contributed by atoms with van der Waals surface area (Å²) in [7, 11) is 3.76. The molecule has 0 atom stereocenters. The summed E-state index contributed by atoms with van der Waals surface area (Å²) in [6, 6.07) is 0. The van der Waals surface area contributed by atoms with Gasteiger partial charge in [0.15, 0.2) is 10.9 Å². The van der Waals surface area contributed by atoms with Crippen LogP contribution in [-0.2, 0) is 7.05 Å². The Labute approximate surface area is 101 Å². The van der Waals surface area contributed by atoms with Crippen LogP contribution in [0.3, 0.4) is 0 Å². The number of nitrogens with two attached hydrogens (primary N) is 1. The van der Waals surface area contributed by atoms with Crippen molar-refractivity contribution in [2.75, 3.05) is 17.8 Å². The molecule has 0 saturated heterocycles. The minimum absolute atomic E-state index is 0.642. The molecule has 3 aromatic rings. The summed E-state index contributed by atoms with van der Waals surface area (Å²) >= 11 is 1.41. The van der Waals surface area contributed by atoms with Gasteiger partial charge in [0.25, 0.3) is 0 Å². The van der Waals surface area contributed by atoms with Crippen LogP contribution in [0.2, 0.25) is 0 Å². The van der Waals surface area contributed by atoms with Crippen molar-refractivity contribution in [2.45, 2.75) is 0 Å². The van der Waals surface area contributed by atoms with Gasteiger partial charge in [0.05, 0.1) is 6.33 Å². The van der Waals surface area contributed by atoms with E-state index in [0.29, 0.717) is 5.13 Å². The number of nitrogen functional groups attached to an aromatic ring is 1. The van der Waals surface area contributed by atoms with E-state index in [1.807, 2.05) is 18.7 Å². The summed E-state index contributed by atoms with van der Waals surface area (Å²) in [6.07, 6.45) is 1.75. The van der Waals surface area contributed by atoms with Crippen LogP contribution < -0.4 is 16.6 Å². The third-order valence-corrected chi connectivity index (χ3v) is 3.45. The van der Waals surface area contributed by atoms with Crippen molar-refractivity contribution in [3.8, 4) is 0 Å². The van der Waals surface area contributed by atoms with Crippen LogP contribution in [0.15, 0.2) is 6.33 Å². The molecule has 8 heteroatoms. The van der Waals surface area contributed by atoms with Crippen molar-refractivity contribution in [1.82, 2.24) is 19.5 Å². The number of imidazole rings is 1. The molecule has 0 aliphatic rings. The maximum atomic E-state index is 5.37. The number of aromatic nitrogens is 4. The molecule has 0 spiro atoms. The summed E-state index contributed by atoms with van der Waals surface area (Å²) in [4.78, 5) is 14.0. The highest BCUT2D eigenvalue weighted by atomic mass is 32.1. The number of aryl methyl sites for hydroxylation is 1. The number of hydrazine groups is 1. The molecule has 3 rings (SSSR count). The van der Waals surface area contributed by atoms with Crippen LogP contribution in [0, 0.1) is 0 Å². The van der Waals surface area contributed by atoms with Gasteiger partial charge < -0.3 is 9.88 Å². The zero-order valence-electron chi connectivity index (χ0n) is 9.35. The second kappa shape index (κ2) is 3.54. The summed E-state index contributed by atoms with van der Waals surface area (Å²) in [5.74, 6) is 6.12. The van der Waals surface area contributed by atoms with E-state index >= 15 is 0 Å². The number of nitrogens with one attached hydrogen (secondary N) is 2. The van der Waals surface area contributed by atoms with Gasteiger partial charge in [0.1, 0.15) is 21.4 Å². The van der Waals surface area contributed by atoms with E-state index in [4.69, 9.17) is 5.84 Å². The fourth-order valence-electron chi connectivity index (χ4n) is 1.82. The lowest BCUT2D eigenvalue weighted by Crippen LogP contribution is -2.05. The van der Waals surface area contributed by atoms with Gasteiger partial charge in [-0.2, -0.15) is 0 Å². The lowest BCUT2D eigenvalue weighted by atomic mass is 10.3. The molecule has 0 amide bonds. The number of nitrogens with zero attached hydrogens (tertiary/aromatic N) is 4. The second-order valence-electron chi connectivity index (χ2n) is 3.58. The molecule has 0 bridgehead atoms. The molecule has 4 N–H and O–H groups in total. The first-order chi connectivity index (χ1) is 8.24. The molecule has 88 valence electrons. The molecule has 0 aliphatic heterocycles. The molecular weight excluding hydrogens is 238 g/mol. The first kappa shape index (κ1) is 10.2. The standard InChI is InChI=1S/C9H11N7S/c1-11-7-4-6(16(2)3-12-4)5-8(14-7)17-9(13-5)15-10/h3H,10H2,1-2H3,(H,11,14)(H,13,15). The molecule has 0 aliphatic carbocycles. The van der Waals surface area contributed by atoms with Gasteiger partial charge >= 0.3 is 0 Å². The summed E-state index contributed by atoms with van der Waals surface area (Å²) in [5.41, 5.74) is 5.14. The molecular formula is C9H11N7S. The molecule has 3 aromatic heterocycles. The van der Waals surface area contributed by atoms with Crippen molar-refractivity contribution in [3.63, 3.8) is 0 Å². The van der Waals surface area contributed by atoms with Crippen molar-refractivity contribution >= 4 is 43.7 Å². The van der Waals surface area contributed by atoms with Gasteiger partial charge in [-0.15, -0.1) is 0 Å². The average Bonchev–Trinajstić information content (AvgIpc) is 2.91. The maximum absolute atomic E-state index is 5.37. The quantitative estimate of drug-likeness (QED) is 0.461. The number of pyridine rings is 1. The SMILES string of the molecule is CNc1nc2sc(NN)nc2c2c1ncn2C. The van der Waals surface area contributed by atoms with E-state index in [1.165, 1.54) is 11.3 Å². The van der Waals surface area contributed by atoms with E-state index in [-0.39, 0.29) is 0 Å².